The maximum absolute atomic E-state index is 13.0. The van der Waals surface area contributed by atoms with Gasteiger partial charge in [0, 0.05) is 28.9 Å². The summed E-state index contributed by atoms with van der Waals surface area (Å²) in [6.07, 6.45) is 3.31. The van der Waals surface area contributed by atoms with Gasteiger partial charge in [-0.05, 0) is 36.4 Å². The number of ether oxygens (including phenoxy) is 2. The molecule has 2 aromatic heterocycles. The average molecular weight is 461 g/mol. The summed E-state index contributed by atoms with van der Waals surface area (Å²) in [5.41, 5.74) is 7.59. The number of rotatable bonds is 3. The fourth-order valence-corrected chi connectivity index (χ4v) is 3.79. The van der Waals surface area contributed by atoms with Crippen molar-refractivity contribution in [3.05, 3.63) is 83.1 Å². The molecule has 1 aliphatic heterocycles. The SMILES string of the molecule is O=C(NNC(=O)c1cc(-c2ccncc2)nc2ccccc12)c1cc(Cl)c2c(c1)OCCO2. The molecule has 0 unspecified atom stereocenters. The molecule has 164 valence electrons. The van der Waals surface area contributed by atoms with Gasteiger partial charge < -0.3 is 9.47 Å². The Balaban J connectivity index is 1.40. The van der Waals surface area contributed by atoms with Gasteiger partial charge in [0.15, 0.2) is 11.5 Å². The van der Waals surface area contributed by atoms with Gasteiger partial charge in [0.05, 0.1) is 21.8 Å². The zero-order valence-corrected chi connectivity index (χ0v) is 17.9. The zero-order valence-electron chi connectivity index (χ0n) is 17.2. The lowest BCUT2D eigenvalue weighted by Crippen LogP contribution is -2.41. The molecule has 0 spiro atoms. The van der Waals surface area contributed by atoms with Crippen LogP contribution in [0.1, 0.15) is 20.7 Å². The largest absolute Gasteiger partial charge is 0.486 e. The summed E-state index contributed by atoms with van der Waals surface area (Å²) in [5, 5.41) is 0.912. The number of halogens is 1. The van der Waals surface area contributed by atoms with Crippen molar-refractivity contribution >= 4 is 34.3 Å². The van der Waals surface area contributed by atoms with Crippen LogP contribution in [0.3, 0.4) is 0 Å². The number of aromatic nitrogens is 2. The molecule has 2 N–H and O–H groups in total. The molecule has 2 amide bonds. The summed E-state index contributed by atoms with van der Waals surface area (Å²) in [6, 6.07) is 15.6. The maximum Gasteiger partial charge on any atom is 0.270 e. The number of benzene rings is 2. The molecule has 8 nitrogen and oxygen atoms in total. The molecular formula is C24H17ClN4O4. The summed E-state index contributed by atoms with van der Waals surface area (Å²) < 4.78 is 11.0. The van der Waals surface area contributed by atoms with Crippen molar-refractivity contribution in [2.75, 3.05) is 13.2 Å². The summed E-state index contributed by atoms with van der Waals surface area (Å²) in [6.45, 7) is 0.746. The van der Waals surface area contributed by atoms with Gasteiger partial charge in [-0.1, -0.05) is 29.8 Å². The van der Waals surface area contributed by atoms with Crippen molar-refractivity contribution in [1.82, 2.24) is 20.8 Å². The number of carbonyl (C=O) groups excluding carboxylic acids is 2. The number of nitrogens with zero attached hydrogens (tertiary/aromatic N) is 2. The van der Waals surface area contributed by atoms with E-state index in [0.717, 1.165) is 5.56 Å². The quantitative estimate of drug-likeness (QED) is 0.451. The number of hydrazine groups is 1. The van der Waals surface area contributed by atoms with Gasteiger partial charge in [0.2, 0.25) is 0 Å². The maximum atomic E-state index is 13.0. The second kappa shape index (κ2) is 8.76. The molecular weight excluding hydrogens is 444 g/mol. The van der Waals surface area contributed by atoms with E-state index in [9.17, 15) is 9.59 Å². The number of para-hydroxylation sites is 1. The average Bonchev–Trinajstić information content (AvgIpc) is 2.87. The van der Waals surface area contributed by atoms with Crippen molar-refractivity contribution in [2.45, 2.75) is 0 Å². The van der Waals surface area contributed by atoms with Gasteiger partial charge in [-0.25, -0.2) is 4.98 Å². The van der Waals surface area contributed by atoms with Crippen LogP contribution in [0.15, 0.2) is 67.0 Å². The Bertz CT molecular complexity index is 1380. The van der Waals surface area contributed by atoms with Crippen LogP contribution in [0.4, 0.5) is 0 Å². The first-order valence-corrected chi connectivity index (χ1v) is 10.5. The van der Waals surface area contributed by atoms with Crippen molar-refractivity contribution in [3.8, 4) is 22.8 Å². The fraction of sp³-hybridized carbons (Fsp3) is 0.0833. The van der Waals surface area contributed by atoms with Crippen LogP contribution >= 0.6 is 11.6 Å². The van der Waals surface area contributed by atoms with Gasteiger partial charge in [-0.3, -0.25) is 25.4 Å². The van der Waals surface area contributed by atoms with E-state index in [1.807, 2.05) is 30.3 Å². The number of hydrogen-bond acceptors (Lipinski definition) is 6. The fourth-order valence-electron chi connectivity index (χ4n) is 3.53. The van der Waals surface area contributed by atoms with Crippen molar-refractivity contribution in [1.29, 1.82) is 0 Å². The molecule has 2 aromatic carbocycles. The first-order chi connectivity index (χ1) is 16.1. The van der Waals surface area contributed by atoms with E-state index in [2.05, 4.69) is 20.8 Å². The van der Waals surface area contributed by atoms with Gasteiger partial charge in [0.1, 0.15) is 13.2 Å². The molecule has 1 aliphatic rings. The third kappa shape index (κ3) is 4.16. The van der Waals surface area contributed by atoms with Crippen LogP contribution in [-0.4, -0.2) is 35.0 Å². The van der Waals surface area contributed by atoms with Crippen LogP contribution < -0.4 is 20.3 Å². The Morgan fingerprint density at radius 3 is 2.52 bits per heavy atom. The van der Waals surface area contributed by atoms with Crippen LogP contribution in [0.2, 0.25) is 5.02 Å². The Labute approximate surface area is 193 Å². The van der Waals surface area contributed by atoms with Crippen LogP contribution in [-0.2, 0) is 0 Å². The molecule has 5 rings (SSSR count). The number of hydrogen-bond donors (Lipinski definition) is 2. The zero-order chi connectivity index (χ0) is 22.8. The molecule has 0 saturated heterocycles. The minimum Gasteiger partial charge on any atom is -0.486 e. The monoisotopic (exact) mass is 460 g/mol. The lowest BCUT2D eigenvalue weighted by Gasteiger charge is -2.20. The van der Waals surface area contributed by atoms with Gasteiger partial charge in [0.25, 0.3) is 11.8 Å². The second-order valence-electron chi connectivity index (χ2n) is 7.20. The molecule has 9 heteroatoms. The van der Waals surface area contributed by atoms with Gasteiger partial charge in [-0.15, -0.1) is 0 Å². The van der Waals surface area contributed by atoms with E-state index in [4.69, 9.17) is 21.1 Å². The Morgan fingerprint density at radius 1 is 0.909 bits per heavy atom. The third-order valence-electron chi connectivity index (χ3n) is 5.09. The molecule has 0 bridgehead atoms. The second-order valence-corrected chi connectivity index (χ2v) is 7.61. The molecule has 33 heavy (non-hydrogen) atoms. The van der Waals surface area contributed by atoms with E-state index in [0.29, 0.717) is 46.9 Å². The molecule has 0 fully saturated rings. The summed E-state index contributed by atoms with van der Waals surface area (Å²) in [4.78, 5) is 34.4. The third-order valence-corrected chi connectivity index (χ3v) is 5.37. The topological polar surface area (TPSA) is 102 Å². The Hall–Kier alpha value is -4.17. The molecule has 0 atom stereocenters. The van der Waals surface area contributed by atoms with Gasteiger partial charge in [-0.2, -0.15) is 0 Å². The van der Waals surface area contributed by atoms with Crippen molar-refractivity contribution in [2.24, 2.45) is 0 Å². The Morgan fingerprint density at radius 2 is 1.67 bits per heavy atom. The van der Waals surface area contributed by atoms with E-state index in [1.165, 1.54) is 12.1 Å². The smallest absolute Gasteiger partial charge is 0.270 e. The predicted molar refractivity (Wildman–Crippen MR) is 122 cm³/mol. The number of nitrogens with one attached hydrogen (secondary N) is 2. The molecule has 0 aliphatic carbocycles. The predicted octanol–water partition coefficient (Wildman–Crippen LogP) is 3.80. The Kier molecular flexibility index (Phi) is 5.50. The van der Waals surface area contributed by atoms with E-state index < -0.39 is 11.8 Å². The number of carbonyl (C=O) groups is 2. The normalized spacial score (nSPS) is 12.3. The highest BCUT2D eigenvalue weighted by Crippen LogP contribution is 2.38. The van der Waals surface area contributed by atoms with Crippen LogP contribution in [0.5, 0.6) is 11.5 Å². The van der Waals surface area contributed by atoms with Crippen LogP contribution in [0, 0.1) is 0 Å². The highest BCUT2D eigenvalue weighted by molar-refractivity contribution is 6.32. The molecule has 3 heterocycles. The van der Waals surface area contributed by atoms with Crippen molar-refractivity contribution in [3.63, 3.8) is 0 Å². The van der Waals surface area contributed by atoms with E-state index >= 15 is 0 Å². The summed E-state index contributed by atoms with van der Waals surface area (Å²) in [7, 11) is 0. The number of fused-ring (bicyclic) bond motifs is 2. The molecule has 0 saturated carbocycles. The minimum absolute atomic E-state index is 0.224. The van der Waals surface area contributed by atoms with Crippen molar-refractivity contribution < 1.29 is 19.1 Å². The van der Waals surface area contributed by atoms with E-state index in [1.54, 1.807) is 24.5 Å². The van der Waals surface area contributed by atoms with Gasteiger partial charge >= 0.3 is 0 Å². The standard InChI is InChI=1S/C24H17ClN4O4/c25-18-11-15(12-21-22(18)33-10-9-32-21)23(30)28-29-24(31)17-13-20(14-5-7-26-8-6-14)27-19-4-2-1-3-16(17)19/h1-8,11-13H,9-10H2,(H,28,30)(H,29,31). The van der Waals surface area contributed by atoms with Crippen LogP contribution in [0.25, 0.3) is 22.2 Å². The molecule has 4 aromatic rings. The summed E-state index contributed by atoms with van der Waals surface area (Å²) >= 11 is 6.21. The lowest BCUT2D eigenvalue weighted by atomic mass is 10.0. The van der Waals surface area contributed by atoms with E-state index in [-0.39, 0.29) is 10.6 Å². The summed E-state index contributed by atoms with van der Waals surface area (Å²) in [5.74, 6) is -0.251. The highest BCUT2D eigenvalue weighted by atomic mass is 35.5. The lowest BCUT2D eigenvalue weighted by molar-refractivity contribution is 0.0847. The number of pyridine rings is 2. The highest BCUT2D eigenvalue weighted by Gasteiger charge is 2.20. The molecule has 0 radical (unpaired) electrons. The minimum atomic E-state index is -0.546. The first kappa shape index (κ1) is 20.7. The first-order valence-electron chi connectivity index (χ1n) is 10.1. The number of amides is 2.